The van der Waals surface area contributed by atoms with Gasteiger partial charge in [0, 0.05) is 16.2 Å². The minimum atomic E-state index is -3.82. The average molecular weight is 576 g/mol. The minimum Gasteiger partial charge on any atom is -0.269 e. The summed E-state index contributed by atoms with van der Waals surface area (Å²) in [5.41, 5.74) is 4.65. The van der Waals surface area contributed by atoms with Crippen molar-refractivity contribution in [3.05, 3.63) is 142 Å². The van der Waals surface area contributed by atoms with E-state index in [0.29, 0.717) is 0 Å². The Morgan fingerprint density at radius 1 is 0.892 bits per heavy atom. The third-order valence-electron chi connectivity index (χ3n) is 6.27. The fourth-order valence-corrected chi connectivity index (χ4v) is 5.95. The lowest BCUT2D eigenvalue weighted by atomic mass is 10.00. The van der Waals surface area contributed by atoms with E-state index in [1.165, 1.54) is 4.31 Å². The molecule has 188 valence electrons. The predicted molar refractivity (Wildman–Crippen MR) is 150 cm³/mol. The Balaban J connectivity index is 1.60. The first kappa shape index (κ1) is 25.3. The zero-order chi connectivity index (χ0) is 25.8. The summed E-state index contributed by atoms with van der Waals surface area (Å²) in [6.45, 7) is 2.42. The third kappa shape index (κ3) is 5.64. The predicted octanol–water partition coefficient (Wildman–Crippen LogP) is 7.03. The van der Waals surface area contributed by atoms with Gasteiger partial charge in [-0.15, -0.1) is 0 Å². The van der Waals surface area contributed by atoms with Crippen LogP contribution >= 0.6 is 15.9 Å². The van der Waals surface area contributed by atoms with E-state index in [9.17, 15) is 8.42 Å². The molecule has 1 unspecified atom stereocenters. The van der Waals surface area contributed by atoms with Gasteiger partial charge >= 0.3 is 0 Å². The molecule has 1 heterocycles. The van der Waals surface area contributed by atoms with Crippen LogP contribution in [0.15, 0.2) is 130 Å². The molecule has 0 radical (unpaired) electrons. The molecule has 0 saturated carbocycles. The standard InChI is InChI=1S/C30H27BrN2O3S/c1-23-12-18-29(19-13-23)37(34,35)32(20-24-8-4-2-5-9-24)21-26-22-36-33(28-10-6-3-7-11-28)30(26)25-14-16-27(31)17-15-25/h2-19,21,30H,20,22H2,1H3/b26-21+. The maximum Gasteiger partial charge on any atom is 0.264 e. The number of aryl methyl sites for hydroxylation is 1. The summed E-state index contributed by atoms with van der Waals surface area (Å²) in [5, 5.41) is 1.86. The summed E-state index contributed by atoms with van der Waals surface area (Å²) < 4.78 is 30.2. The van der Waals surface area contributed by atoms with Crippen LogP contribution in [0.3, 0.4) is 0 Å². The summed E-state index contributed by atoms with van der Waals surface area (Å²) in [4.78, 5) is 6.42. The largest absolute Gasteiger partial charge is 0.269 e. The number of anilines is 1. The zero-order valence-corrected chi connectivity index (χ0v) is 22.8. The summed E-state index contributed by atoms with van der Waals surface area (Å²) >= 11 is 3.52. The molecule has 1 saturated heterocycles. The molecule has 5 nitrogen and oxygen atoms in total. The van der Waals surface area contributed by atoms with Crippen LogP contribution in [0.5, 0.6) is 0 Å². The zero-order valence-electron chi connectivity index (χ0n) is 20.4. The van der Waals surface area contributed by atoms with Crippen LogP contribution in [0, 0.1) is 6.92 Å². The molecule has 0 aromatic heterocycles. The monoisotopic (exact) mass is 574 g/mol. The van der Waals surface area contributed by atoms with E-state index in [2.05, 4.69) is 15.9 Å². The highest BCUT2D eigenvalue weighted by Crippen LogP contribution is 2.39. The molecule has 0 bridgehead atoms. The highest BCUT2D eigenvalue weighted by Gasteiger charge is 2.34. The molecule has 4 aromatic rings. The van der Waals surface area contributed by atoms with Crippen LogP contribution in [-0.4, -0.2) is 19.3 Å². The molecule has 1 aliphatic heterocycles. The lowest BCUT2D eigenvalue weighted by Crippen LogP contribution is -2.27. The highest BCUT2D eigenvalue weighted by molar-refractivity contribution is 9.10. The first-order chi connectivity index (χ1) is 17.9. The Kier molecular flexibility index (Phi) is 7.46. The number of hydrogen-bond acceptors (Lipinski definition) is 4. The van der Waals surface area contributed by atoms with Gasteiger partial charge in [-0.25, -0.2) is 13.5 Å². The second-order valence-electron chi connectivity index (χ2n) is 8.94. The second-order valence-corrected chi connectivity index (χ2v) is 11.7. The smallest absolute Gasteiger partial charge is 0.264 e. The fraction of sp³-hybridized carbons (Fsp3) is 0.133. The number of hydrogen-bond donors (Lipinski definition) is 0. The van der Waals surface area contributed by atoms with E-state index in [1.54, 1.807) is 18.3 Å². The molecule has 0 N–H and O–H groups in total. The highest BCUT2D eigenvalue weighted by atomic mass is 79.9. The molecule has 1 aliphatic rings. The van der Waals surface area contributed by atoms with E-state index in [-0.39, 0.29) is 24.1 Å². The topological polar surface area (TPSA) is 49.9 Å². The third-order valence-corrected chi connectivity index (χ3v) is 8.52. The summed E-state index contributed by atoms with van der Waals surface area (Å²) in [6, 6.07) is 34.2. The van der Waals surface area contributed by atoms with Crippen LogP contribution in [0.4, 0.5) is 5.69 Å². The van der Waals surface area contributed by atoms with E-state index in [1.807, 2.05) is 109 Å². The van der Waals surface area contributed by atoms with Crippen molar-refractivity contribution in [2.75, 3.05) is 11.7 Å². The van der Waals surface area contributed by atoms with Crippen LogP contribution in [0.25, 0.3) is 0 Å². The number of benzene rings is 4. The minimum absolute atomic E-state index is 0.207. The number of para-hydroxylation sites is 1. The SMILES string of the molecule is Cc1ccc(S(=O)(=O)N(/C=C2\CON(c3ccccc3)C2c2ccc(Br)cc2)Cc2ccccc2)cc1. The summed E-state index contributed by atoms with van der Waals surface area (Å²) in [5.74, 6) is 0. The van der Waals surface area contributed by atoms with Gasteiger partial charge < -0.3 is 0 Å². The Labute approximate surface area is 226 Å². The van der Waals surface area contributed by atoms with Gasteiger partial charge in [0.25, 0.3) is 10.0 Å². The van der Waals surface area contributed by atoms with Crippen LogP contribution in [0.2, 0.25) is 0 Å². The van der Waals surface area contributed by atoms with Gasteiger partial charge in [-0.3, -0.25) is 9.14 Å². The van der Waals surface area contributed by atoms with Crippen molar-refractivity contribution in [1.82, 2.24) is 4.31 Å². The van der Waals surface area contributed by atoms with Gasteiger partial charge in [0.2, 0.25) is 0 Å². The van der Waals surface area contributed by atoms with Crippen molar-refractivity contribution in [2.45, 2.75) is 24.4 Å². The Morgan fingerprint density at radius 2 is 1.51 bits per heavy atom. The molecule has 0 aliphatic carbocycles. The number of halogens is 1. The van der Waals surface area contributed by atoms with E-state index in [4.69, 9.17) is 4.84 Å². The first-order valence-electron chi connectivity index (χ1n) is 12.0. The fourth-order valence-electron chi connectivity index (χ4n) is 4.34. The van der Waals surface area contributed by atoms with E-state index < -0.39 is 10.0 Å². The number of hydroxylamine groups is 1. The maximum atomic E-state index is 13.9. The van der Waals surface area contributed by atoms with E-state index >= 15 is 0 Å². The molecule has 1 fully saturated rings. The Morgan fingerprint density at radius 3 is 2.16 bits per heavy atom. The lowest BCUT2D eigenvalue weighted by molar-refractivity contribution is 0.162. The quantitative estimate of drug-likeness (QED) is 0.238. The van der Waals surface area contributed by atoms with Crippen LogP contribution in [0.1, 0.15) is 22.7 Å². The normalized spacial score (nSPS) is 16.8. The van der Waals surface area contributed by atoms with Crippen molar-refractivity contribution in [3.63, 3.8) is 0 Å². The van der Waals surface area contributed by atoms with Gasteiger partial charge in [-0.1, -0.05) is 94.3 Å². The average Bonchev–Trinajstić information content (AvgIpc) is 3.34. The molecule has 1 atom stereocenters. The molecule has 0 amide bonds. The van der Waals surface area contributed by atoms with Gasteiger partial charge in [0.05, 0.1) is 17.1 Å². The molecule has 37 heavy (non-hydrogen) atoms. The van der Waals surface area contributed by atoms with Crippen molar-refractivity contribution in [2.24, 2.45) is 0 Å². The van der Waals surface area contributed by atoms with Gasteiger partial charge in [-0.2, -0.15) is 0 Å². The van der Waals surface area contributed by atoms with Crippen molar-refractivity contribution < 1.29 is 13.3 Å². The van der Waals surface area contributed by atoms with Crippen molar-refractivity contribution >= 4 is 31.6 Å². The Hall–Kier alpha value is -3.39. The summed E-state index contributed by atoms with van der Waals surface area (Å²) in [7, 11) is -3.82. The molecule has 5 rings (SSSR count). The lowest BCUT2D eigenvalue weighted by Gasteiger charge is -2.27. The van der Waals surface area contributed by atoms with E-state index in [0.717, 1.165) is 32.4 Å². The molecule has 4 aromatic carbocycles. The van der Waals surface area contributed by atoms with Crippen molar-refractivity contribution in [1.29, 1.82) is 0 Å². The van der Waals surface area contributed by atoms with Gasteiger partial charge in [-0.05, 0) is 54.4 Å². The number of sulfonamides is 1. The van der Waals surface area contributed by atoms with Crippen LogP contribution < -0.4 is 5.06 Å². The second kappa shape index (κ2) is 10.9. The number of nitrogens with zero attached hydrogens (tertiary/aromatic N) is 2. The van der Waals surface area contributed by atoms with Crippen molar-refractivity contribution in [3.8, 4) is 0 Å². The summed E-state index contributed by atoms with van der Waals surface area (Å²) in [6.07, 6.45) is 1.75. The van der Waals surface area contributed by atoms with Crippen LogP contribution in [-0.2, 0) is 21.4 Å². The molecule has 0 spiro atoms. The molecule has 7 heteroatoms. The number of rotatable bonds is 7. The first-order valence-corrected chi connectivity index (χ1v) is 14.2. The maximum absolute atomic E-state index is 13.9. The molecular weight excluding hydrogens is 548 g/mol. The van der Waals surface area contributed by atoms with Gasteiger partial charge in [0.15, 0.2) is 0 Å². The Bertz CT molecular complexity index is 1470. The molecular formula is C30H27BrN2O3S. The van der Waals surface area contributed by atoms with Gasteiger partial charge in [0.1, 0.15) is 12.6 Å².